The summed E-state index contributed by atoms with van der Waals surface area (Å²) in [6, 6.07) is 12.7. The van der Waals surface area contributed by atoms with Crippen LogP contribution in [0, 0.1) is 0 Å². The third kappa shape index (κ3) is 5.16. The first-order chi connectivity index (χ1) is 17.9. The van der Waals surface area contributed by atoms with Crippen molar-refractivity contribution in [1.29, 1.82) is 0 Å². The zero-order valence-corrected chi connectivity index (χ0v) is 20.2. The molecule has 2 aromatic carbocycles. The molecule has 1 N–H and O–H groups in total. The van der Waals surface area contributed by atoms with Crippen molar-refractivity contribution in [3.8, 4) is 5.75 Å². The maximum atomic E-state index is 12.6. The molecule has 1 aliphatic carbocycles. The molecule has 0 atom stereocenters. The molecule has 190 valence electrons. The number of esters is 1. The van der Waals surface area contributed by atoms with Gasteiger partial charge in [-0.3, -0.25) is 24.1 Å². The van der Waals surface area contributed by atoms with Gasteiger partial charge in [0.1, 0.15) is 16.9 Å². The van der Waals surface area contributed by atoms with E-state index in [0.717, 1.165) is 37.0 Å². The van der Waals surface area contributed by atoms with Crippen molar-refractivity contribution < 1.29 is 28.3 Å². The molecule has 2 heterocycles. The van der Waals surface area contributed by atoms with Gasteiger partial charge in [-0.05, 0) is 49.6 Å². The summed E-state index contributed by atoms with van der Waals surface area (Å²) in [6.45, 7) is 0.0970. The third-order valence-corrected chi connectivity index (χ3v) is 6.76. The predicted octanol–water partition coefficient (Wildman–Crippen LogP) is 3.84. The molecule has 1 aromatic heterocycles. The predicted molar refractivity (Wildman–Crippen MR) is 134 cm³/mol. The minimum absolute atomic E-state index is 0.0182. The van der Waals surface area contributed by atoms with Crippen LogP contribution in [0.25, 0.3) is 11.0 Å². The van der Waals surface area contributed by atoms with Crippen LogP contribution in [0.4, 0.5) is 0 Å². The molecule has 0 unspecified atom stereocenters. The molecule has 0 spiro atoms. The minimum Gasteiger partial charge on any atom is -0.426 e. The Morgan fingerprint density at radius 3 is 2.35 bits per heavy atom. The molecule has 2 aliphatic rings. The summed E-state index contributed by atoms with van der Waals surface area (Å²) in [5.41, 5.74) is 0.0986. The van der Waals surface area contributed by atoms with Crippen LogP contribution in [0.5, 0.6) is 5.75 Å². The summed E-state index contributed by atoms with van der Waals surface area (Å²) in [5, 5.41) is 3.44. The summed E-state index contributed by atoms with van der Waals surface area (Å²) in [5.74, 6) is -1.56. The number of rotatable bonds is 7. The average molecular weight is 503 g/mol. The molecule has 0 radical (unpaired) electrons. The van der Waals surface area contributed by atoms with Gasteiger partial charge < -0.3 is 14.5 Å². The lowest BCUT2D eigenvalue weighted by Crippen LogP contribution is -2.38. The number of carbonyl (C=O) groups is 4. The number of carbonyl (C=O) groups excluding carboxylic acids is 4. The van der Waals surface area contributed by atoms with Gasteiger partial charge in [0, 0.05) is 30.5 Å². The Labute approximate surface area is 212 Å². The van der Waals surface area contributed by atoms with Gasteiger partial charge in [0.05, 0.1) is 11.1 Å². The van der Waals surface area contributed by atoms with Crippen LogP contribution in [-0.2, 0) is 4.79 Å². The maximum absolute atomic E-state index is 12.6. The smallest absolute Gasteiger partial charge is 0.349 e. The molecule has 9 heteroatoms. The highest BCUT2D eigenvalue weighted by Crippen LogP contribution is 2.24. The SMILES string of the molecule is O=C(CCCN1C(=O)c2ccccc2C1=O)Oc1ccc2cc(C(=O)NC3CCCCC3)c(=O)oc2c1. The lowest BCUT2D eigenvalue weighted by Gasteiger charge is -2.22. The Hall–Kier alpha value is -4.27. The summed E-state index contributed by atoms with van der Waals surface area (Å²) < 4.78 is 10.7. The quantitative estimate of drug-likeness (QED) is 0.225. The zero-order valence-electron chi connectivity index (χ0n) is 20.2. The van der Waals surface area contributed by atoms with E-state index in [1.165, 1.54) is 12.1 Å². The molecule has 3 aromatic rings. The Morgan fingerprint density at radius 2 is 1.65 bits per heavy atom. The number of amides is 3. The molecule has 9 nitrogen and oxygen atoms in total. The van der Waals surface area contributed by atoms with E-state index in [0.29, 0.717) is 16.5 Å². The normalized spacial score (nSPS) is 15.6. The zero-order chi connectivity index (χ0) is 25.9. The van der Waals surface area contributed by atoms with Gasteiger partial charge in [-0.1, -0.05) is 31.4 Å². The second-order valence-electron chi connectivity index (χ2n) is 9.34. The van der Waals surface area contributed by atoms with Crippen molar-refractivity contribution in [2.75, 3.05) is 6.54 Å². The van der Waals surface area contributed by atoms with E-state index in [-0.39, 0.29) is 54.1 Å². The number of hydrogen-bond acceptors (Lipinski definition) is 7. The number of nitrogens with zero attached hydrogens (tertiary/aromatic N) is 1. The van der Waals surface area contributed by atoms with E-state index in [1.54, 1.807) is 36.4 Å². The van der Waals surface area contributed by atoms with Gasteiger partial charge in [0.15, 0.2) is 0 Å². The number of benzene rings is 2. The van der Waals surface area contributed by atoms with Crippen molar-refractivity contribution in [1.82, 2.24) is 10.2 Å². The molecule has 37 heavy (non-hydrogen) atoms. The number of imide groups is 1. The van der Waals surface area contributed by atoms with Crippen molar-refractivity contribution in [3.63, 3.8) is 0 Å². The van der Waals surface area contributed by atoms with Crippen LogP contribution in [0.15, 0.2) is 57.7 Å². The van der Waals surface area contributed by atoms with Crippen LogP contribution in [0.2, 0.25) is 0 Å². The van der Waals surface area contributed by atoms with E-state index in [2.05, 4.69) is 5.32 Å². The van der Waals surface area contributed by atoms with Crippen LogP contribution in [0.1, 0.15) is 76.0 Å². The monoisotopic (exact) mass is 502 g/mol. The van der Waals surface area contributed by atoms with Crippen LogP contribution < -0.4 is 15.7 Å². The van der Waals surface area contributed by atoms with Crippen LogP contribution in [0.3, 0.4) is 0 Å². The lowest BCUT2D eigenvalue weighted by molar-refractivity contribution is -0.134. The van der Waals surface area contributed by atoms with Gasteiger partial charge in [0.25, 0.3) is 17.7 Å². The van der Waals surface area contributed by atoms with Crippen molar-refractivity contribution >= 4 is 34.7 Å². The fourth-order valence-electron chi connectivity index (χ4n) is 4.83. The number of fused-ring (bicyclic) bond motifs is 2. The second kappa shape index (κ2) is 10.4. The molecule has 0 saturated heterocycles. The highest BCUT2D eigenvalue weighted by Gasteiger charge is 2.34. The number of hydrogen-bond donors (Lipinski definition) is 1. The average Bonchev–Trinajstić information content (AvgIpc) is 3.14. The fourth-order valence-corrected chi connectivity index (χ4v) is 4.83. The molecular weight excluding hydrogens is 476 g/mol. The van der Waals surface area contributed by atoms with Gasteiger partial charge in [-0.2, -0.15) is 0 Å². The summed E-state index contributed by atoms with van der Waals surface area (Å²) in [7, 11) is 0. The lowest BCUT2D eigenvalue weighted by atomic mass is 9.95. The molecular formula is C28H26N2O7. The molecule has 1 fully saturated rings. The molecule has 0 bridgehead atoms. The Bertz CT molecular complexity index is 1420. The third-order valence-electron chi connectivity index (χ3n) is 6.76. The molecule has 1 saturated carbocycles. The molecule has 5 rings (SSSR count). The Balaban J connectivity index is 1.18. The van der Waals surface area contributed by atoms with Crippen molar-refractivity contribution in [2.45, 2.75) is 51.0 Å². The Morgan fingerprint density at radius 1 is 0.946 bits per heavy atom. The van der Waals surface area contributed by atoms with Crippen LogP contribution >= 0.6 is 0 Å². The Kier molecular flexibility index (Phi) is 6.85. The van der Waals surface area contributed by atoms with Crippen LogP contribution in [-0.4, -0.2) is 41.2 Å². The van der Waals surface area contributed by atoms with Gasteiger partial charge in [-0.25, -0.2) is 4.79 Å². The molecule has 3 amide bonds. The van der Waals surface area contributed by atoms with Gasteiger partial charge in [0.2, 0.25) is 0 Å². The van der Waals surface area contributed by atoms with E-state index < -0.39 is 17.5 Å². The van der Waals surface area contributed by atoms with Gasteiger partial charge >= 0.3 is 11.6 Å². The summed E-state index contributed by atoms with van der Waals surface area (Å²) in [6.07, 6.45) is 5.30. The fraction of sp³-hybridized carbons (Fsp3) is 0.321. The highest BCUT2D eigenvalue weighted by atomic mass is 16.5. The standard InChI is InChI=1S/C28H26N2O7/c31-24(11-6-14-30-26(33)20-9-4-5-10-21(20)27(30)34)36-19-13-12-17-15-22(28(35)37-23(17)16-19)25(32)29-18-7-2-1-3-8-18/h4-5,9-10,12-13,15-16,18H,1-3,6-8,11,14H2,(H,29,32). The number of ether oxygens (including phenoxy) is 1. The largest absolute Gasteiger partial charge is 0.426 e. The second-order valence-corrected chi connectivity index (χ2v) is 9.34. The first-order valence-electron chi connectivity index (χ1n) is 12.5. The van der Waals surface area contributed by atoms with E-state index in [1.807, 2.05) is 0 Å². The van der Waals surface area contributed by atoms with Crippen molar-refractivity contribution in [2.24, 2.45) is 0 Å². The summed E-state index contributed by atoms with van der Waals surface area (Å²) in [4.78, 5) is 63.4. The minimum atomic E-state index is -0.759. The van der Waals surface area contributed by atoms with Gasteiger partial charge in [-0.15, -0.1) is 0 Å². The van der Waals surface area contributed by atoms with E-state index in [4.69, 9.17) is 9.15 Å². The maximum Gasteiger partial charge on any atom is 0.349 e. The summed E-state index contributed by atoms with van der Waals surface area (Å²) >= 11 is 0. The number of nitrogens with one attached hydrogen (secondary N) is 1. The molecule has 1 aliphatic heterocycles. The topological polar surface area (TPSA) is 123 Å². The first kappa shape index (κ1) is 24.4. The van der Waals surface area contributed by atoms with E-state index >= 15 is 0 Å². The first-order valence-corrected chi connectivity index (χ1v) is 12.5. The van der Waals surface area contributed by atoms with E-state index in [9.17, 15) is 24.0 Å². The van der Waals surface area contributed by atoms with Crippen molar-refractivity contribution in [3.05, 3.63) is 75.6 Å². The highest BCUT2D eigenvalue weighted by molar-refractivity contribution is 6.21.